The van der Waals surface area contributed by atoms with Gasteiger partial charge in [0.05, 0.1) is 0 Å². The molecule has 1 heteroatoms. The van der Waals surface area contributed by atoms with Crippen LogP contribution in [0.25, 0.3) is 0 Å². The summed E-state index contributed by atoms with van der Waals surface area (Å²) < 4.78 is 0.926. The van der Waals surface area contributed by atoms with Gasteiger partial charge in [-0.1, -0.05) is 0 Å². The van der Waals surface area contributed by atoms with Crippen LogP contribution in [0.4, 0.5) is 0 Å². The second-order valence-electron chi connectivity index (χ2n) is 4.01. The van der Waals surface area contributed by atoms with Gasteiger partial charge in [-0.3, -0.25) is 0 Å². The topological polar surface area (TPSA) is 0 Å². The Bertz CT molecular complexity index is 81.2. The van der Waals surface area contributed by atoms with E-state index >= 15 is 0 Å². The summed E-state index contributed by atoms with van der Waals surface area (Å²) >= 11 is 2.44. The first-order valence-corrected chi connectivity index (χ1v) is 5.71. The van der Waals surface area contributed by atoms with Crippen LogP contribution in [0.15, 0.2) is 0 Å². The van der Waals surface area contributed by atoms with E-state index in [4.69, 9.17) is 0 Å². The first-order valence-electron chi connectivity index (χ1n) is 5.71. The van der Waals surface area contributed by atoms with E-state index in [2.05, 4.69) is 45.4 Å². The maximum atomic E-state index is 2.44. The van der Waals surface area contributed by atoms with E-state index < -0.39 is 0 Å². The molecule has 0 aliphatic carbocycles. The summed E-state index contributed by atoms with van der Waals surface area (Å²) in [5, 5.41) is 0. The molecule has 0 heterocycles. The van der Waals surface area contributed by atoms with Gasteiger partial charge in [0, 0.05) is 0 Å². The minimum absolute atomic E-state index is 0.926. The standard InChI is InChI=1S/C11H23.Li/c1-5-10(6-2)9-11(7-3)8-4;/h9-11H,5-8H2,1-4H3;. The summed E-state index contributed by atoms with van der Waals surface area (Å²) in [5.74, 6) is 1.91. The van der Waals surface area contributed by atoms with Crippen LogP contribution in [0.1, 0.15) is 53.4 Å². The molecule has 0 nitrogen and oxygen atoms in total. The van der Waals surface area contributed by atoms with Gasteiger partial charge in [-0.05, 0) is 0 Å². The molecule has 0 unspecified atom stereocenters. The molecule has 0 aliphatic heterocycles. The van der Waals surface area contributed by atoms with E-state index in [-0.39, 0.29) is 0 Å². The maximum absolute atomic E-state index is 2.44. The van der Waals surface area contributed by atoms with Crippen LogP contribution in [-0.4, -0.2) is 17.7 Å². The molecule has 0 fully saturated rings. The van der Waals surface area contributed by atoms with Crippen LogP contribution in [0, 0.1) is 11.8 Å². The first kappa shape index (κ1) is 12.6. The molecular formula is C11H23Li. The Morgan fingerprint density at radius 1 is 0.750 bits per heavy atom. The van der Waals surface area contributed by atoms with Gasteiger partial charge in [0.25, 0.3) is 0 Å². The van der Waals surface area contributed by atoms with Gasteiger partial charge in [-0.25, -0.2) is 0 Å². The number of rotatable bonds is 6. The van der Waals surface area contributed by atoms with Crippen molar-refractivity contribution < 1.29 is 0 Å². The summed E-state index contributed by atoms with van der Waals surface area (Å²) in [6.45, 7) is 9.31. The minimum atomic E-state index is 0.926. The van der Waals surface area contributed by atoms with Gasteiger partial charge in [-0.2, -0.15) is 0 Å². The van der Waals surface area contributed by atoms with E-state index in [1.807, 2.05) is 0 Å². The van der Waals surface area contributed by atoms with Crippen LogP contribution >= 0.6 is 0 Å². The molecule has 68 valence electrons. The zero-order valence-electron chi connectivity index (χ0n) is 9.56. The van der Waals surface area contributed by atoms with Crippen LogP contribution in [-0.2, 0) is 0 Å². The van der Waals surface area contributed by atoms with Crippen LogP contribution in [0.2, 0.25) is 4.59 Å². The Labute approximate surface area is 87.7 Å². The van der Waals surface area contributed by atoms with Crippen LogP contribution in [0.3, 0.4) is 0 Å². The Morgan fingerprint density at radius 3 is 1.17 bits per heavy atom. The van der Waals surface area contributed by atoms with E-state index in [0.717, 1.165) is 16.4 Å². The molecule has 0 aliphatic rings. The van der Waals surface area contributed by atoms with Gasteiger partial charge in [0.2, 0.25) is 0 Å². The summed E-state index contributed by atoms with van der Waals surface area (Å²) in [4.78, 5) is 0. The van der Waals surface area contributed by atoms with Gasteiger partial charge in [-0.15, -0.1) is 0 Å². The predicted octanol–water partition coefficient (Wildman–Crippen LogP) is 3.82. The SMILES string of the molecule is [Li][CH](C(CC)CC)C(CC)CC. The molecule has 0 bridgehead atoms. The average molecular weight is 162 g/mol. The first-order chi connectivity index (χ1) is 5.71. The monoisotopic (exact) mass is 162 g/mol. The van der Waals surface area contributed by atoms with E-state index in [1.165, 1.54) is 25.7 Å². The van der Waals surface area contributed by atoms with Crippen molar-refractivity contribution in [1.29, 1.82) is 0 Å². The van der Waals surface area contributed by atoms with Crippen molar-refractivity contribution in [3.05, 3.63) is 0 Å². The molecule has 0 saturated heterocycles. The fourth-order valence-corrected chi connectivity index (χ4v) is 2.45. The van der Waals surface area contributed by atoms with Crippen molar-refractivity contribution in [2.75, 3.05) is 0 Å². The number of hydrogen-bond donors (Lipinski definition) is 0. The molecule has 12 heavy (non-hydrogen) atoms. The molecule has 0 aromatic heterocycles. The molecule has 0 spiro atoms. The number of hydrogen-bond acceptors (Lipinski definition) is 0. The molecule has 0 N–H and O–H groups in total. The van der Waals surface area contributed by atoms with Crippen molar-refractivity contribution in [2.24, 2.45) is 11.8 Å². The van der Waals surface area contributed by atoms with Crippen molar-refractivity contribution in [3.8, 4) is 0 Å². The quantitative estimate of drug-likeness (QED) is 0.521. The van der Waals surface area contributed by atoms with E-state index in [9.17, 15) is 0 Å². The summed E-state index contributed by atoms with van der Waals surface area (Å²) in [5.41, 5.74) is 0. The molecule has 0 saturated carbocycles. The predicted molar refractivity (Wildman–Crippen MR) is 57.6 cm³/mol. The molecule has 0 atom stereocenters. The Morgan fingerprint density at radius 2 is 1.00 bits per heavy atom. The third-order valence-corrected chi connectivity index (χ3v) is 3.58. The molecule has 0 aromatic carbocycles. The van der Waals surface area contributed by atoms with Crippen LogP contribution in [0.5, 0.6) is 0 Å². The fourth-order valence-electron chi connectivity index (χ4n) is 2.45. The molecule has 0 aromatic rings. The molecule has 0 rings (SSSR count). The van der Waals surface area contributed by atoms with Crippen molar-refractivity contribution in [2.45, 2.75) is 58.0 Å². The van der Waals surface area contributed by atoms with E-state index in [0.29, 0.717) is 0 Å². The summed E-state index contributed by atoms with van der Waals surface area (Å²) in [6, 6.07) is 0. The zero-order valence-corrected chi connectivity index (χ0v) is 9.56. The third kappa shape index (κ3) is 3.54. The van der Waals surface area contributed by atoms with Crippen LogP contribution < -0.4 is 0 Å². The van der Waals surface area contributed by atoms with Crippen molar-refractivity contribution in [3.63, 3.8) is 0 Å². The van der Waals surface area contributed by atoms with Gasteiger partial charge in [0.15, 0.2) is 0 Å². The second kappa shape index (κ2) is 7.04. The summed E-state index contributed by atoms with van der Waals surface area (Å²) in [6.07, 6.45) is 5.42. The molecular weight excluding hydrogens is 139 g/mol. The molecule has 0 radical (unpaired) electrons. The average Bonchev–Trinajstić information content (AvgIpc) is 2.09. The van der Waals surface area contributed by atoms with Gasteiger partial charge < -0.3 is 0 Å². The van der Waals surface area contributed by atoms with Crippen molar-refractivity contribution >= 4 is 17.7 Å². The Balaban J connectivity index is 4.02. The molecule has 0 amide bonds. The summed E-state index contributed by atoms with van der Waals surface area (Å²) in [7, 11) is 0. The zero-order chi connectivity index (χ0) is 9.56. The Kier molecular flexibility index (Phi) is 7.40. The van der Waals surface area contributed by atoms with E-state index in [1.54, 1.807) is 0 Å². The second-order valence-corrected chi connectivity index (χ2v) is 4.01. The third-order valence-electron chi connectivity index (χ3n) is 3.58. The fraction of sp³-hybridized carbons (Fsp3) is 1.00. The van der Waals surface area contributed by atoms with Gasteiger partial charge >= 0.3 is 87.5 Å². The van der Waals surface area contributed by atoms with Gasteiger partial charge in [0.1, 0.15) is 0 Å². The Hall–Kier alpha value is 0.597. The normalized spacial score (nSPS) is 12.1. The van der Waals surface area contributed by atoms with Crippen molar-refractivity contribution in [1.82, 2.24) is 0 Å².